The molecule has 3 aromatic rings. The number of hydrogen-bond donors (Lipinski definition) is 6. The van der Waals surface area contributed by atoms with Gasteiger partial charge in [-0.05, 0) is 21.9 Å². The van der Waals surface area contributed by atoms with Crippen LogP contribution in [0.1, 0.15) is 6.23 Å². The zero-order valence-electron chi connectivity index (χ0n) is 25.9. The number of rotatable bonds is 16. The SMILES string of the molecule is C=Nc1c(OC/C=C/CNc2ncnc3c2ncn3[C@@H]2O[C@H](CO)[C@@H](O[P+](=O)S)[C@H]2F)nc(N)nc1N(C)[C@@H]1O[C@H](CO)[C@@H](O[P+](=O)S)[C@H]1F. The Hall–Kier alpha value is -3.24. The molecule has 2 aliphatic rings. The summed E-state index contributed by atoms with van der Waals surface area (Å²) in [6.45, 7) is 2.57. The number of nitrogens with zero attached hydrogens (tertiary/aromatic N) is 8. The molecule has 0 amide bonds. The maximum atomic E-state index is 15.3. The summed E-state index contributed by atoms with van der Waals surface area (Å²) in [5.74, 6) is 0.0464. The Labute approximate surface area is 294 Å². The third-order valence-corrected chi connectivity index (χ3v) is 8.96. The number of aliphatic hydroxyl groups is 2. The van der Waals surface area contributed by atoms with E-state index in [-0.39, 0.29) is 42.1 Å². The number of halogens is 2. The zero-order valence-corrected chi connectivity index (χ0v) is 29.5. The van der Waals surface area contributed by atoms with Crippen LogP contribution in [0, 0.1) is 0 Å². The number of nitrogen functional groups attached to an aromatic ring is 1. The smallest absolute Gasteiger partial charge is 0.472 e. The third kappa shape index (κ3) is 8.12. The average molecular weight is 781 g/mol. The summed E-state index contributed by atoms with van der Waals surface area (Å²) in [5.41, 5.74) is 6.46. The molecule has 2 saturated heterocycles. The van der Waals surface area contributed by atoms with Crippen molar-refractivity contribution in [3.05, 3.63) is 24.8 Å². The molecule has 2 aliphatic heterocycles. The van der Waals surface area contributed by atoms with Gasteiger partial charge in [-0.2, -0.15) is 9.97 Å². The van der Waals surface area contributed by atoms with Crippen molar-refractivity contribution in [2.24, 2.45) is 4.99 Å². The Morgan fingerprint density at radius 3 is 2.44 bits per heavy atom. The second-order valence-corrected chi connectivity index (χ2v) is 13.9. The van der Waals surface area contributed by atoms with Crippen molar-refractivity contribution in [2.75, 3.05) is 49.4 Å². The topological polar surface area (TPSA) is 244 Å². The molecule has 19 nitrogen and oxygen atoms in total. The zero-order chi connectivity index (χ0) is 36.1. The molecule has 0 bridgehead atoms. The lowest BCUT2D eigenvalue weighted by Crippen LogP contribution is -2.40. The number of hydrogen-bond acceptors (Lipinski definition) is 18. The first kappa shape index (κ1) is 38.0. The van der Waals surface area contributed by atoms with Crippen LogP contribution in [-0.2, 0) is 27.7 Å². The maximum Gasteiger partial charge on any atom is 0.582 e. The van der Waals surface area contributed by atoms with Gasteiger partial charge in [0.1, 0.15) is 49.6 Å². The van der Waals surface area contributed by atoms with Crippen LogP contribution in [0.5, 0.6) is 5.88 Å². The largest absolute Gasteiger partial charge is 0.582 e. The van der Waals surface area contributed by atoms with Gasteiger partial charge < -0.3 is 40.4 Å². The predicted octanol–water partition coefficient (Wildman–Crippen LogP) is 2.24. The van der Waals surface area contributed by atoms with Crippen molar-refractivity contribution in [2.45, 2.75) is 49.2 Å². The van der Waals surface area contributed by atoms with E-state index >= 15 is 8.78 Å². The van der Waals surface area contributed by atoms with Gasteiger partial charge >= 0.3 is 14.5 Å². The van der Waals surface area contributed by atoms with E-state index in [0.717, 1.165) is 0 Å². The fraction of sp³-hybridized carbons (Fsp3) is 0.520. The number of alkyl halides is 2. The minimum atomic E-state index is -2.48. The van der Waals surface area contributed by atoms with E-state index in [2.05, 4.69) is 66.4 Å². The Balaban J connectivity index is 1.22. The molecule has 0 aromatic carbocycles. The van der Waals surface area contributed by atoms with E-state index in [9.17, 15) is 19.3 Å². The molecule has 2 unspecified atom stereocenters. The Kier molecular flexibility index (Phi) is 12.8. The van der Waals surface area contributed by atoms with Crippen LogP contribution in [0.4, 0.5) is 32.1 Å². The molecule has 270 valence electrons. The number of fused-ring (bicyclic) bond motifs is 1. The molecular weight excluding hydrogens is 748 g/mol. The van der Waals surface area contributed by atoms with Gasteiger partial charge in [-0.15, -0.1) is 9.05 Å². The maximum absolute atomic E-state index is 15.3. The highest BCUT2D eigenvalue weighted by Crippen LogP contribution is 2.43. The molecular formula is C25H32F2N10O9P2S2+2. The van der Waals surface area contributed by atoms with Crippen LogP contribution in [-0.4, -0.2) is 123 Å². The summed E-state index contributed by atoms with van der Waals surface area (Å²) < 4.78 is 81.9. The molecule has 3 aromatic heterocycles. The molecule has 5 heterocycles. The van der Waals surface area contributed by atoms with Crippen LogP contribution in [0.2, 0.25) is 0 Å². The number of aromatic nitrogens is 6. The lowest BCUT2D eigenvalue weighted by atomic mass is 10.1. The fourth-order valence-corrected chi connectivity index (χ4v) is 6.90. The first-order valence-corrected chi connectivity index (χ1v) is 19.2. The Morgan fingerprint density at radius 2 is 1.78 bits per heavy atom. The summed E-state index contributed by atoms with van der Waals surface area (Å²) >= 11 is 7.33. The summed E-state index contributed by atoms with van der Waals surface area (Å²) in [7, 11) is -3.49. The monoisotopic (exact) mass is 780 g/mol. The number of ether oxygens (including phenoxy) is 3. The summed E-state index contributed by atoms with van der Waals surface area (Å²) in [5, 5.41) is 22.3. The van der Waals surface area contributed by atoms with Gasteiger partial charge in [0, 0.05) is 13.6 Å². The normalized spacial score (nSPS) is 27.2. The number of anilines is 3. The first-order chi connectivity index (χ1) is 24.0. The third-order valence-electron chi connectivity index (χ3n) is 7.55. The van der Waals surface area contributed by atoms with Crippen molar-refractivity contribution >= 4 is 80.1 Å². The number of imidazole rings is 1. The highest BCUT2D eigenvalue weighted by molar-refractivity contribution is 8.39. The summed E-state index contributed by atoms with van der Waals surface area (Å²) in [4.78, 5) is 26.1. The average Bonchev–Trinajstić information content (AvgIpc) is 3.75. The van der Waals surface area contributed by atoms with Gasteiger partial charge in [0.25, 0.3) is 0 Å². The minimum Gasteiger partial charge on any atom is -0.472 e. The Morgan fingerprint density at radius 1 is 1.10 bits per heavy atom. The molecule has 10 atom stereocenters. The molecule has 0 radical (unpaired) electrons. The lowest BCUT2D eigenvalue weighted by Gasteiger charge is -2.27. The van der Waals surface area contributed by atoms with Crippen molar-refractivity contribution in [3.8, 4) is 5.88 Å². The fourth-order valence-electron chi connectivity index (χ4n) is 5.32. The molecule has 0 aliphatic carbocycles. The van der Waals surface area contributed by atoms with Gasteiger partial charge in [0.15, 0.2) is 65.5 Å². The van der Waals surface area contributed by atoms with Gasteiger partial charge in [-0.1, -0.05) is 6.08 Å². The van der Waals surface area contributed by atoms with Crippen molar-refractivity contribution in [3.63, 3.8) is 0 Å². The molecule has 5 N–H and O–H groups in total. The van der Waals surface area contributed by atoms with E-state index in [1.807, 2.05) is 0 Å². The van der Waals surface area contributed by atoms with Crippen LogP contribution < -0.4 is 20.7 Å². The molecule has 2 fully saturated rings. The van der Waals surface area contributed by atoms with Crippen LogP contribution in [0.25, 0.3) is 11.2 Å². The molecule has 50 heavy (non-hydrogen) atoms. The quantitative estimate of drug-likeness (QED) is 0.0528. The van der Waals surface area contributed by atoms with E-state index in [1.165, 1.54) is 29.2 Å². The van der Waals surface area contributed by atoms with E-state index in [0.29, 0.717) is 11.3 Å². The van der Waals surface area contributed by atoms with Gasteiger partial charge in [-0.25, -0.2) is 23.7 Å². The number of nitrogens with one attached hydrogen (secondary N) is 1. The minimum absolute atomic E-state index is 0.00907. The Bertz CT molecular complexity index is 1750. The number of thiol groups is 2. The number of aliphatic hydroxyl groups excluding tert-OH is 2. The highest BCUT2D eigenvalue weighted by Gasteiger charge is 2.52. The standard InChI is InChI=1S/C25H30F2N10O9P2S2/c1-29-16-21(36(2)23-13(26)17(45-47(40)49)11(7-38)43-23)34-25(28)35-22(16)42-6-4-3-5-30-19-15-20(32-9-31-19)37(10-33-15)24-14(27)18(46-48(41)50)12(8-39)44-24/h3-4,9-14,17-18,23-24,38-39H,1,5-8H2,2H3,(H3-2,28,30,31,32,34,35,40,41,49,50)/p+2/b4-3+/t11-,12-,13-,14-,17-,18-,23-,24-/m1/s1. The van der Waals surface area contributed by atoms with Crippen molar-refractivity contribution in [1.82, 2.24) is 29.5 Å². The van der Waals surface area contributed by atoms with E-state index < -0.39 is 76.9 Å². The molecule has 0 spiro atoms. The highest BCUT2D eigenvalue weighted by atomic mass is 32.7. The lowest BCUT2D eigenvalue weighted by molar-refractivity contribution is -0.0427. The van der Waals surface area contributed by atoms with E-state index in [4.69, 9.17) is 29.0 Å². The van der Waals surface area contributed by atoms with Crippen LogP contribution in [0.3, 0.4) is 0 Å². The molecule has 0 saturated carbocycles. The summed E-state index contributed by atoms with van der Waals surface area (Å²) in [6.07, 6.45) is -5.27. The van der Waals surface area contributed by atoms with Gasteiger partial charge in [0.2, 0.25) is 11.8 Å². The molecule has 25 heteroatoms. The van der Waals surface area contributed by atoms with Crippen LogP contribution >= 0.6 is 39.0 Å². The van der Waals surface area contributed by atoms with Crippen molar-refractivity contribution in [1.29, 1.82) is 0 Å². The number of nitrogens with two attached hydrogens (primary N) is 1. The van der Waals surface area contributed by atoms with Gasteiger partial charge in [0.05, 0.1) is 19.5 Å². The second kappa shape index (κ2) is 16.9. The van der Waals surface area contributed by atoms with Crippen molar-refractivity contribution < 1.29 is 51.4 Å². The summed E-state index contributed by atoms with van der Waals surface area (Å²) in [6, 6.07) is 0. The molecule has 5 rings (SSSR count). The van der Waals surface area contributed by atoms with E-state index in [1.54, 1.807) is 12.2 Å². The first-order valence-electron chi connectivity index (χ1n) is 14.5. The predicted molar refractivity (Wildman–Crippen MR) is 182 cm³/mol. The van der Waals surface area contributed by atoms with Crippen LogP contribution in [0.15, 0.2) is 29.8 Å². The van der Waals surface area contributed by atoms with Gasteiger partial charge in [-0.3, -0.25) is 9.56 Å². The number of aliphatic imine (C=N–C) groups is 1. The second-order valence-electron chi connectivity index (χ2n) is 10.5.